The third kappa shape index (κ3) is 4.66. The Morgan fingerprint density at radius 2 is 2.24 bits per heavy atom. The van der Waals surface area contributed by atoms with Crippen molar-refractivity contribution >= 4 is 17.2 Å². The molecule has 1 aromatic rings. The fourth-order valence-corrected chi connectivity index (χ4v) is 3.11. The lowest BCUT2D eigenvalue weighted by atomic mass is 9.94. The van der Waals surface area contributed by atoms with Crippen molar-refractivity contribution in [2.75, 3.05) is 19.8 Å². The van der Waals surface area contributed by atoms with Gasteiger partial charge in [-0.05, 0) is 13.3 Å². The molecule has 1 saturated heterocycles. The Morgan fingerprint density at radius 1 is 1.52 bits per heavy atom. The normalized spacial score (nSPS) is 17.6. The van der Waals surface area contributed by atoms with Gasteiger partial charge in [-0.3, -0.25) is 9.59 Å². The molecule has 0 aromatic carbocycles. The van der Waals surface area contributed by atoms with Gasteiger partial charge >= 0.3 is 4.87 Å². The van der Waals surface area contributed by atoms with Gasteiger partial charge in [0, 0.05) is 56.6 Å². The number of nitrogens with one attached hydrogen (secondary N) is 1. The molecule has 2 heterocycles. The van der Waals surface area contributed by atoms with Crippen molar-refractivity contribution in [3.05, 3.63) is 20.7 Å². The molecular weight excluding hydrogens is 292 g/mol. The number of aliphatic hydroxyl groups is 1. The van der Waals surface area contributed by atoms with E-state index in [1.165, 1.54) is 11.3 Å². The molecule has 118 valence electrons. The van der Waals surface area contributed by atoms with Crippen LogP contribution in [-0.4, -0.2) is 40.9 Å². The average Bonchev–Trinajstić information content (AvgIpc) is 2.78. The van der Waals surface area contributed by atoms with E-state index in [1.807, 2.05) is 12.3 Å². The van der Waals surface area contributed by atoms with Crippen LogP contribution < -0.4 is 10.2 Å². The number of aryl methyl sites for hydroxylation is 1. The van der Waals surface area contributed by atoms with Crippen LogP contribution in [0.5, 0.6) is 0 Å². The minimum Gasteiger partial charge on any atom is -0.388 e. The van der Waals surface area contributed by atoms with Crippen LogP contribution in [0.4, 0.5) is 0 Å². The third-order valence-corrected chi connectivity index (χ3v) is 4.68. The van der Waals surface area contributed by atoms with E-state index in [0.717, 1.165) is 5.69 Å². The predicted molar refractivity (Wildman–Crippen MR) is 80.6 cm³/mol. The molecule has 7 heteroatoms. The molecule has 0 saturated carbocycles. The molecule has 2 N–H and O–H groups in total. The topological polar surface area (TPSA) is 80.6 Å². The number of thiazole rings is 1. The predicted octanol–water partition coefficient (Wildman–Crippen LogP) is 0.656. The fraction of sp³-hybridized carbons (Fsp3) is 0.714. The summed E-state index contributed by atoms with van der Waals surface area (Å²) in [4.78, 5) is 23.3. The average molecular weight is 314 g/mol. The second-order valence-corrected chi connectivity index (χ2v) is 6.33. The standard InChI is InChI=1S/C14H22N2O4S/c1-11-9-21-13(18)16(11)6-2-3-12(17)15-10-14(19)4-7-20-8-5-14/h9,19H,2-8,10H2,1H3,(H,15,17). The van der Waals surface area contributed by atoms with Gasteiger partial charge in [0.05, 0.1) is 5.60 Å². The molecular formula is C14H22N2O4S. The minimum atomic E-state index is -0.838. The molecule has 1 aromatic heterocycles. The van der Waals surface area contributed by atoms with E-state index in [1.54, 1.807) is 4.57 Å². The highest BCUT2D eigenvalue weighted by molar-refractivity contribution is 7.07. The number of carbonyl (C=O) groups is 1. The molecule has 0 unspecified atom stereocenters. The van der Waals surface area contributed by atoms with Crippen LogP contribution in [-0.2, 0) is 16.1 Å². The van der Waals surface area contributed by atoms with Gasteiger partial charge in [0.25, 0.3) is 0 Å². The van der Waals surface area contributed by atoms with Crippen molar-refractivity contribution in [3.8, 4) is 0 Å². The van der Waals surface area contributed by atoms with E-state index < -0.39 is 5.60 Å². The zero-order valence-corrected chi connectivity index (χ0v) is 13.1. The Morgan fingerprint density at radius 3 is 2.86 bits per heavy atom. The zero-order chi connectivity index (χ0) is 15.3. The number of nitrogens with zero attached hydrogens (tertiary/aromatic N) is 1. The summed E-state index contributed by atoms with van der Waals surface area (Å²) in [5.74, 6) is -0.0872. The first-order chi connectivity index (χ1) is 10.0. The quantitative estimate of drug-likeness (QED) is 0.808. The summed E-state index contributed by atoms with van der Waals surface area (Å²) < 4.78 is 6.88. The molecule has 21 heavy (non-hydrogen) atoms. The maximum absolute atomic E-state index is 11.8. The van der Waals surface area contributed by atoms with Crippen LogP contribution in [0.15, 0.2) is 10.2 Å². The second kappa shape index (κ2) is 7.20. The molecule has 0 aliphatic carbocycles. The first-order valence-electron chi connectivity index (χ1n) is 7.22. The third-order valence-electron chi connectivity index (χ3n) is 3.80. The number of ether oxygens (including phenoxy) is 1. The van der Waals surface area contributed by atoms with E-state index in [9.17, 15) is 14.7 Å². The van der Waals surface area contributed by atoms with Crippen LogP contribution in [0.2, 0.25) is 0 Å². The molecule has 2 rings (SSSR count). The zero-order valence-electron chi connectivity index (χ0n) is 12.3. The largest absolute Gasteiger partial charge is 0.388 e. The lowest BCUT2D eigenvalue weighted by Crippen LogP contribution is -2.46. The van der Waals surface area contributed by atoms with Gasteiger partial charge in [-0.15, -0.1) is 0 Å². The summed E-state index contributed by atoms with van der Waals surface area (Å²) in [6, 6.07) is 0. The van der Waals surface area contributed by atoms with Gasteiger partial charge in [-0.2, -0.15) is 0 Å². The molecule has 0 bridgehead atoms. The Labute approximate surface area is 127 Å². The van der Waals surface area contributed by atoms with Crippen molar-refractivity contribution in [3.63, 3.8) is 0 Å². The van der Waals surface area contributed by atoms with E-state index in [2.05, 4.69) is 5.32 Å². The van der Waals surface area contributed by atoms with Gasteiger partial charge in [0.1, 0.15) is 0 Å². The first kappa shape index (κ1) is 16.2. The Kier molecular flexibility index (Phi) is 5.55. The monoisotopic (exact) mass is 314 g/mol. The van der Waals surface area contributed by atoms with Crippen LogP contribution in [0, 0.1) is 6.92 Å². The number of aromatic nitrogens is 1. The molecule has 1 aliphatic rings. The van der Waals surface area contributed by atoms with Crippen LogP contribution in [0.3, 0.4) is 0 Å². The lowest BCUT2D eigenvalue weighted by molar-refractivity contribution is -0.124. The summed E-state index contributed by atoms with van der Waals surface area (Å²) >= 11 is 1.18. The Hall–Kier alpha value is -1.18. The number of hydrogen-bond acceptors (Lipinski definition) is 5. The molecule has 1 amide bonds. The van der Waals surface area contributed by atoms with E-state index in [0.29, 0.717) is 45.4 Å². The maximum Gasteiger partial charge on any atom is 0.307 e. The summed E-state index contributed by atoms with van der Waals surface area (Å²) in [5.41, 5.74) is 0.0938. The summed E-state index contributed by atoms with van der Waals surface area (Å²) in [6.07, 6.45) is 2.08. The lowest BCUT2D eigenvalue weighted by Gasteiger charge is -2.32. The van der Waals surface area contributed by atoms with E-state index in [4.69, 9.17) is 4.74 Å². The molecule has 6 nitrogen and oxygen atoms in total. The van der Waals surface area contributed by atoms with Crippen molar-refractivity contribution in [1.82, 2.24) is 9.88 Å². The summed E-state index contributed by atoms with van der Waals surface area (Å²) in [7, 11) is 0. The number of rotatable bonds is 6. The molecule has 1 fully saturated rings. The Bertz CT molecular complexity index is 531. The van der Waals surface area contributed by atoms with E-state index in [-0.39, 0.29) is 17.3 Å². The van der Waals surface area contributed by atoms with Crippen LogP contribution >= 0.6 is 11.3 Å². The van der Waals surface area contributed by atoms with Gasteiger partial charge in [0.15, 0.2) is 0 Å². The van der Waals surface area contributed by atoms with Crippen molar-refractivity contribution in [2.45, 2.75) is 44.8 Å². The highest BCUT2D eigenvalue weighted by atomic mass is 32.1. The van der Waals surface area contributed by atoms with Gasteiger partial charge in [0.2, 0.25) is 5.91 Å². The summed E-state index contributed by atoms with van der Waals surface area (Å²) in [5, 5.41) is 14.8. The van der Waals surface area contributed by atoms with Crippen LogP contribution in [0.1, 0.15) is 31.4 Å². The van der Waals surface area contributed by atoms with Crippen LogP contribution in [0.25, 0.3) is 0 Å². The van der Waals surface area contributed by atoms with Gasteiger partial charge in [-0.1, -0.05) is 11.3 Å². The minimum absolute atomic E-state index is 0.0180. The second-order valence-electron chi connectivity index (χ2n) is 5.51. The fourth-order valence-electron chi connectivity index (χ4n) is 2.35. The highest BCUT2D eigenvalue weighted by Crippen LogP contribution is 2.19. The van der Waals surface area contributed by atoms with E-state index >= 15 is 0 Å². The molecule has 1 aliphatic heterocycles. The first-order valence-corrected chi connectivity index (χ1v) is 8.10. The van der Waals surface area contributed by atoms with Gasteiger partial charge in [-0.25, -0.2) is 0 Å². The Balaban J connectivity index is 1.69. The summed E-state index contributed by atoms with van der Waals surface area (Å²) in [6.45, 7) is 3.78. The molecule has 0 spiro atoms. The van der Waals surface area contributed by atoms with Crippen molar-refractivity contribution < 1.29 is 14.6 Å². The maximum atomic E-state index is 11.8. The van der Waals surface area contributed by atoms with Gasteiger partial charge < -0.3 is 19.7 Å². The molecule has 0 atom stereocenters. The smallest absolute Gasteiger partial charge is 0.307 e. The SMILES string of the molecule is Cc1csc(=O)n1CCCC(=O)NCC1(O)CCOCC1. The number of amides is 1. The van der Waals surface area contributed by atoms with Crippen molar-refractivity contribution in [2.24, 2.45) is 0 Å². The highest BCUT2D eigenvalue weighted by Gasteiger charge is 2.29. The molecule has 0 radical (unpaired) electrons. The number of carbonyl (C=O) groups excluding carboxylic acids is 1. The van der Waals surface area contributed by atoms with Crippen molar-refractivity contribution in [1.29, 1.82) is 0 Å². The number of hydrogen-bond donors (Lipinski definition) is 2.